The van der Waals surface area contributed by atoms with Gasteiger partial charge in [-0.25, -0.2) is 0 Å². The number of carbonyl (C=O) groups excluding carboxylic acids is 2. The Morgan fingerprint density at radius 1 is 1.31 bits per heavy atom. The van der Waals surface area contributed by atoms with Crippen LogP contribution in [0.4, 0.5) is 0 Å². The Balaban J connectivity index is 2.53. The first-order valence-corrected chi connectivity index (χ1v) is 5.47. The van der Waals surface area contributed by atoms with Crippen LogP contribution in [0.5, 0.6) is 5.75 Å². The number of rotatable bonds is 7. The van der Waals surface area contributed by atoms with Crippen molar-refractivity contribution in [3.8, 4) is 5.75 Å². The number of ether oxygens (including phenoxy) is 1. The first-order chi connectivity index (χ1) is 7.77. The van der Waals surface area contributed by atoms with Crippen molar-refractivity contribution >= 4 is 12.1 Å². The van der Waals surface area contributed by atoms with Gasteiger partial charge in [0.25, 0.3) is 0 Å². The summed E-state index contributed by atoms with van der Waals surface area (Å²) in [6.07, 6.45) is 2.67. The van der Waals surface area contributed by atoms with Gasteiger partial charge in [-0.15, -0.1) is 0 Å². The lowest BCUT2D eigenvalue weighted by Crippen LogP contribution is -2.00. The summed E-state index contributed by atoms with van der Waals surface area (Å²) in [5.74, 6) is 0.603. The molecule has 0 radical (unpaired) electrons. The minimum Gasteiger partial charge on any atom is -0.494 e. The third-order valence-electron chi connectivity index (χ3n) is 2.21. The van der Waals surface area contributed by atoms with Crippen LogP contribution in [0.2, 0.25) is 0 Å². The van der Waals surface area contributed by atoms with Crippen LogP contribution in [-0.4, -0.2) is 18.7 Å². The molecule has 0 bridgehead atoms. The fourth-order valence-corrected chi connectivity index (χ4v) is 1.26. The number of benzene rings is 1. The van der Waals surface area contributed by atoms with Gasteiger partial charge in [-0.1, -0.05) is 13.3 Å². The van der Waals surface area contributed by atoms with Gasteiger partial charge in [-0.3, -0.25) is 4.79 Å². The summed E-state index contributed by atoms with van der Waals surface area (Å²) in [5, 5.41) is 0. The summed E-state index contributed by atoms with van der Waals surface area (Å²) in [4.78, 5) is 21.5. The van der Waals surface area contributed by atoms with E-state index in [4.69, 9.17) is 4.74 Å². The van der Waals surface area contributed by atoms with Crippen molar-refractivity contribution in [1.82, 2.24) is 0 Å². The molecule has 0 saturated heterocycles. The molecule has 1 aromatic rings. The van der Waals surface area contributed by atoms with Gasteiger partial charge in [0.05, 0.1) is 13.0 Å². The van der Waals surface area contributed by atoms with Crippen LogP contribution in [0, 0.1) is 0 Å². The molecule has 0 heterocycles. The summed E-state index contributed by atoms with van der Waals surface area (Å²) in [5.41, 5.74) is 0.551. The van der Waals surface area contributed by atoms with Crippen molar-refractivity contribution in [1.29, 1.82) is 0 Å². The van der Waals surface area contributed by atoms with Crippen molar-refractivity contribution in [3.63, 3.8) is 0 Å². The molecule has 0 aromatic heterocycles. The average molecular weight is 220 g/mol. The van der Waals surface area contributed by atoms with E-state index >= 15 is 0 Å². The first kappa shape index (κ1) is 12.4. The van der Waals surface area contributed by atoms with Crippen molar-refractivity contribution < 1.29 is 14.3 Å². The van der Waals surface area contributed by atoms with E-state index in [1.807, 2.05) is 0 Å². The number of ketones is 1. The van der Waals surface area contributed by atoms with Crippen LogP contribution in [0.1, 0.15) is 36.5 Å². The molecule has 0 N–H and O–H groups in total. The molecule has 0 spiro atoms. The van der Waals surface area contributed by atoms with Crippen molar-refractivity contribution in [3.05, 3.63) is 29.8 Å². The Bertz CT molecular complexity index is 341. The Morgan fingerprint density at radius 2 is 2.00 bits per heavy atom. The molecule has 0 aliphatic carbocycles. The summed E-state index contributed by atoms with van der Waals surface area (Å²) >= 11 is 0. The molecule has 1 rings (SSSR count). The van der Waals surface area contributed by atoms with Crippen molar-refractivity contribution in [2.24, 2.45) is 0 Å². The van der Waals surface area contributed by atoms with Crippen LogP contribution >= 0.6 is 0 Å². The Morgan fingerprint density at radius 3 is 2.56 bits per heavy atom. The normalized spacial score (nSPS) is 9.81. The molecule has 0 fully saturated rings. The second-order valence-electron chi connectivity index (χ2n) is 3.52. The molecular weight excluding hydrogens is 204 g/mol. The molecule has 0 unspecified atom stereocenters. The number of Topliss-reactive ketones (excluding diaryl/α,β-unsaturated/α-hetero) is 1. The van der Waals surface area contributed by atoms with Gasteiger partial charge in [-0.2, -0.15) is 0 Å². The fourth-order valence-electron chi connectivity index (χ4n) is 1.26. The lowest BCUT2D eigenvalue weighted by Gasteiger charge is -2.05. The molecule has 0 aliphatic heterocycles. The van der Waals surface area contributed by atoms with Gasteiger partial charge < -0.3 is 9.53 Å². The zero-order valence-electron chi connectivity index (χ0n) is 9.44. The predicted octanol–water partition coefficient (Wildman–Crippen LogP) is 2.64. The van der Waals surface area contributed by atoms with E-state index in [0.717, 1.165) is 18.6 Å². The molecule has 0 amide bonds. The number of aldehydes is 1. The lowest BCUT2D eigenvalue weighted by molar-refractivity contribution is -0.107. The van der Waals surface area contributed by atoms with Gasteiger partial charge in [0.2, 0.25) is 0 Å². The average Bonchev–Trinajstić information content (AvgIpc) is 2.30. The maximum absolute atomic E-state index is 11.3. The maximum Gasteiger partial charge on any atom is 0.169 e. The van der Waals surface area contributed by atoms with Crippen molar-refractivity contribution in [2.75, 3.05) is 6.61 Å². The predicted molar refractivity (Wildman–Crippen MR) is 61.9 cm³/mol. The van der Waals surface area contributed by atoms with E-state index < -0.39 is 0 Å². The van der Waals surface area contributed by atoms with Crippen LogP contribution in [0.15, 0.2) is 24.3 Å². The Labute approximate surface area is 95.4 Å². The summed E-state index contributed by atoms with van der Waals surface area (Å²) < 4.78 is 5.46. The fraction of sp³-hybridized carbons (Fsp3) is 0.385. The highest BCUT2D eigenvalue weighted by molar-refractivity contribution is 6.02. The van der Waals surface area contributed by atoms with E-state index in [2.05, 4.69) is 6.92 Å². The highest BCUT2D eigenvalue weighted by Crippen LogP contribution is 2.13. The zero-order chi connectivity index (χ0) is 11.8. The number of carbonyl (C=O) groups is 2. The van der Waals surface area contributed by atoms with Gasteiger partial charge in [-0.05, 0) is 30.7 Å². The standard InChI is InChI=1S/C13H16O3/c1-2-3-10-16-12-6-4-11(5-7-12)13(15)8-9-14/h4-7,9H,2-3,8,10H2,1H3. The molecule has 3 heteroatoms. The SMILES string of the molecule is CCCCOc1ccc(C(=O)CC=O)cc1. The number of hydrogen-bond donors (Lipinski definition) is 0. The Kier molecular flexibility index (Phi) is 5.26. The topological polar surface area (TPSA) is 43.4 Å². The quantitative estimate of drug-likeness (QED) is 0.307. The molecule has 0 saturated carbocycles. The van der Waals surface area contributed by atoms with Gasteiger partial charge in [0.1, 0.15) is 12.0 Å². The second kappa shape index (κ2) is 6.77. The van der Waals surface area contributed by atoms with Gasteiger partial charge >= 0.3 is 0 Å². The monoisotopic (exact) mass is 220 g/mol. The minimum absolute atomic E-state index is 0.0595. The third kappa shape index (κ3) is 3.85. The molecule has 0 aliphatic rings. The summed E-state index contributed by atoms with van der Waals surface area (Å²) in [7, 11) is 0. The molecule has 3 nitrogen and oxygen atoms in total. The summed E-state index contributed by atoms with van der Waals surface area (Å²) in [6.45, 7) is 2.79. The van der Waals surface area contributed by atoms with Crippen molar-refractivity contribution in [2.45, 2.75) is 26.2 Å². The largest absolute Gasteiger partial charge is 0.494 e. The van der Waals surface area contributed by atoms with Crippen LogP contribution in [-0.2, 0) is 4.79 Å². The molecule has 16 heavy (non-hydrogen) atoms. The van der Waals surface area contributed by atoms with E-state index in [0.29, 0.717) is 18.5 Å². The van der Waals surface area contributed by atoms with Crippen LogP contribution in [0.25, 0.3) is 0 Å². The van der Waals surface area contributed by atoms with E-state index in [1.54, 1.807) is 24.3 Å². The zero-order valence-corrected chi connectivity index (χ0v) is 9.44. The molecule has 1 aromatic carbocycles. The molecule has 86 valence electrons. The minimum atomic E-state index is -0.157. The van der Waals surface area contributed by atoms with E-state index in [9.17, 15) is 9.59 Å². The number of unbranched alkanes of at least 4 members (excludes halogenated alkanes) is 1. The van der Waals surface area contributed by atoms with Gasteiger partial charge in [0.15, 0.2) is 5.78 Å². The van der Waals surface area contributed by atoms with E-state index in [1.165, 1.54) is 0 Å². The first-order valence-electron chi connectivity index (χ1n) is 5.47. The Hall–Kier alpha value is -1.64. The number of hydrogen-bond acceptors (Lipinski definition) is 3. The lowest BCUT2D eigenvalue weighted by atomic mass is 10.1. The van der Waals surface area contributed by atoms with Gasteiger partial charge in [0, 0.05) is 5.56 Å². The highest BCUT2D eigenvalue weighted by atomic mass is 16.5. The van der Waals surface area contributed by atoms with Crippen LogP contribution < -0.4 is 4.74 Å². The summed E-state index contributed by atoms with van der Waals surface area (Å²) in [6, 6.07) is 6.89. The maximum atomic E-state index is 11.3. The smallest absolute Gasteiger partial charge is 0.169 e. The molecule has 0 atom stereocenters. The molecular formula is C13H16O3. The highest BCUT2D eigenvalue weighted by Gasteiger charge is 2.04. The third-order valence-corrected chi connectivity index (χ3v) is 2.21. The second-order valence-corrected chi connectivity index (χ2v) is 3.52. The van der Waals surface area contributed by atoms with E-state index in [-0.39, 0.29) is 12.2 Å². The van der Waals surface area contributed by atoms with Crippen LogP contribution in [0.3, 0.4) is 0 Å².